The summed E-state index contributed by atoms with van der Waals surface area (Å²) in [7, 11) is 0. The molecule has 0 radical (unpaired) electrons. The summed E-state index contributed by atoms with van der Waals surface area (Å²) in [6.07, 6.45) is 0.838. The molecule has 3 nitrogen and oxygen atoms in total. The van der Waals surface area contributed by atoms with E-state index in [1.165, 1.54) is 6.07 Å². The standard InChI is InChI=1S/C18H21ClFNO2/c1-2-14(11-22)21-10-13-6-3-4-9-18(13)23-12-15-16(19)7-5-8-17(15)20/h3-9,14,21-22H,2,10-12H2,1H3/t14-/m0/s1. The first-order chi connectivity index (χ1) is 11.2. The minimum Gasteiger partial charge on any atom is -0.488 e. The monoisotopic (exact) mass is 337 g/mol. The lowest BCUT2D eigenvalue weighted by Crippen LogP contribution is -2.31. The van der Waals surface area contributed by atoms with Gasteiger partial charge < -0.3 is 15.2 Å². The molecule has 1 atom stereocenters. The maximum absolute atomic E-state index is 13.8. The Hall–Kier alpha value is -1.62. The highest BCUT2D eigenvalue weighted by atomic mass is 35.5. The molecule has 5 heteroatoms. The maximum atomic E-state index is 13.8. The molecule has 124 valence electrons. The number of aliphatic hydroxyl groups is 1. The second kappa shape index (κ2) is 8.87. The number of rotatable bonds is 8. The SMILES string of the molecule is CC[C@@H](CO)NCc1ccccc1OCc1c(F)cccc1Cl. The molecule has 2 rings (SSSR count). The number of para-hydroxylation sites is 1. The topological polar surface area (TPSA) is 41.5 Å². The molecule has 0 aromatic heterocycles. The number of hydrogen-bond donors (Lipinski definition) is 2. The first kappa shape index (κ1) is 17.7. The molecule has 0 bridgehead atoms. The third kappa shape index (κ3) is 4.93. The smallest absolute Gasteiger partial charge is 0.131 e. The van der Waals surface area contributed by atoms with Crippen LogP contribution in [0.5, 0.6) is 5.75 Å². The normalized spacial score (nSPS) is 12.2. The number of nitrogens with one attached hydrogen (secondary N) is 1. The predicted octanol–water partition coefficient (Wildman–Crippen LogP) is 3.92. The molecule has 23 heavy (non-hydrogen) atoms. The molecule has 0 aliphatic carbocycles. The summed E-state index contributed by atoms with van der Waals surface area (Å²) >= 11 is 6.02. The Morgan fingerprint density at radius 2 is 2.00 bits per heavy atom. The van der Waals surface area contributed by atoms with Gasteiger partial charge in [-0.05, 0) is 24.6 Å². The molecule has 0 aliphatic heterocycles. The van der Waals surface area contributed by atoms with Gasteiger partial charge in [-0.1, -0.05) is 42.8 Å². The lowest BCUT2D eigenvalue weighted by atomic mass is 10.1. The molecular formula is C18H21ClFNO2. The maximum Gasteiger partial charge on any atom is 0.131 e. The molecule has 2 aromatic carbocycles. The average molecular weight is 338 g/mol. The summed E-state index contributed by atoms with van der Waals surface area (Å²) in [6.45, 7) is 2.74. The van der Waals surface area contributed by atoms with E-state index in [4.69, 9.17) is 16.3 Å². The first-order valence-electron chi connectivity index (χ1n) is 7.63. The Balaban J connectivity index is 2.05. The Morgan fingerprint density at radius 1 is 1.22 bits per heavy atom. The van der Waals surface area contributed by atoms with Gasteiger partial charge in [-0.2, -0.15) is 0 Å². The zero-order valence-electron chi connectivity index (χ0n) is 13.1. The number of aliphatic hydroxyl groups excluding tert-OH is 1. The van der Waals surface area contributed by atoms with Crippen LogP contribution in [0.15, 0.2) is 42.5 Å². The van der Waals surface area contributed by atoms with Crippen molar-refractivity contribution in [3.05, 3.63) is 64.4 Å². The van der Waals surface area contributed by atoms with Crippen LogP contribution in [0.25, 0.3) is 0 Å². The van der Waals surface area contributed by atoms with Crippen LogP contribution in [0.1, 0.15) is 24.5 Å². The summed E-state index contributed by atoms with van der Waals surface area (Å²) in [5.74, 6) is 0.298. The average Bonchev–Trinajstić information content (AvgIpc) is 2.56. The zero-order valence-corrected chi connectivity index (χ0v) is 13.8. The number of hydrogen-bond acceptors (Lipinski definition) is 3. The minimum absolute atomic E-state index is 0.0454. The molecule has 0 heterocycles. The van der Waals surface area contributed by atoms with E-state index in [9.17, 15) is 9.50 Å². The van der Waals surface area contributed by atoms with Gasteiger partial charge in [0.2, 0.25) is 0 Å². The van der Waals surface area contributed by atoms with Gasteiger partial charge in [0.1, 0.15) is 18.2 Å². The number of benzene rings is 2. The van der Waals surface area contributed by atoms with Crippen molar-refractivity contribution in [2.24, 2.45) is 0 Å². The van der Waals surface area contributed by atoms with E-state index in [2.05, 4.69) is 5.32 Å². The van der Waals surface area contributed by atoms with Crippen LogP contribution in [0, 0.1) is 5.82 Å². The second-order valence-corrected chi connectivity index (χ2v) is 5.67. The largest absolute Gasteiger partial charge is 0.488 e. The Bertz CT molecular complexity index is 612. The quantitative estimate of drug-likeness (QED) is 0.767. The molecule has 0 spiro atoms. The van der Waals surface area contributed by atoms with Gasteiger partial charge in [0.05, 0.1) is 11.6 Å². The lowest BCUT2D eigenvalue weighted by molar-refractivity contribution is 0.237. The fourth-order valence-electron chi connectivity index (χ4n) is 2.20. The van der Waals surface area contributed by atoms with Gasteiger partial charge in [-0.3, -0.25) is 0 Å². The van der Waals surface area contributed by atoms with Crippen molar-refractivity contribution in [1.82, 2.24) is 5.32 Å². The van der Waals surface area contributed by atoms with Crippen LogP contribution >= 0.6 is 11.6 Å². The molecule has 0 saturated heterocycles. The lowest BCUT2D eigenvalue weighted by Gasteiger charge is -2.17. The molecule has 0 aliphatic rings. The summed E-state index contributed by atoms with van der Waals surface area (Å²) in [4.78, 5) is 0. The molecule has 0 fully saturated rings. The van der Waals surface area contributed by atoms with E-state index in [1.807, 2.05) is 31.2 Å². The fraction of sp³-hybridized carbons (Fsp3) is 0.333. The number of halogens is 2. The van der Waals surface area contributed by atoms with E-state index in [0.29, 0.717) is 22.9 Å². The first-order valence-corrected chi connectivity index (χ1v) is 8.01. The molecular weight excluding hydrogens is 317 g/mol. The highest BCUT2D eigenvalue weighted by Gasteiger charge is 2.10. The van der Waals surface area contributed by atoms with E-state index in [1.54, 1.807) is 12.1 Å². The summed E-state index contributed by atoms with van der Waals surface area (Å²) in [6, 6.07) is 12.2. The number of ether oxygens (including phenoxy) is 1. The van der Waals surface area contributed by atoms with E-state index < -0.39 is 0 Å². The Morgan fingerprint density at radius 3 is 2.70 bits per heavy atom. The van der Waals surface area contributed by atoms with Gasteiger partial charge in [0, 0.05) is 23.7 Å². The molecule has 2 N–H and O–H groups in total. The van der Waals surface area contributed by atoms with Crippen molar-refractivity contribution < 1.29 is 14.2 Å². The van der Waals surface area contributed by atoms with Crippen molar-refractivity contribution in [2.45, 2.75) is 32.5 Å². The third-order valence-corrected chi connectivity index (χ3v) is 4.05. The van der Waals surface area contributed by atoms with Crippen LogP contribution in [-0.2, 0) is 13.2 Å². The van der Waals surface area contributed by atoms with Crippen molar-refractivity contribution in [2.75, 3.05) is 6.61 Å². The van der Waals surface area contributed by atoms with Crippen LogP contribution in [0.3, 0.4) is 0 Å². The van der Waals surface area contributed by atoms with E-state index in [-0.39, 0.29) is 25.1 Å². The van der Waals surface area contributed by atoms with Gasteiger partial charge in [0.15, 0.2) is 0 Å². The summed E-state index contributed by atoms with van der Waals surface area (Å²) < 4.78 is 19.6. The van der Waals surface area contributed by atoms with Gasteiger partial charge in [-0.15, -0.1) is 0 Å². The Labute approximate surface area is 141 Å². The minimum atomic E-state index is -0.376. The van der Waals surface area contributed by atoms with Gasteiger partial charge in [-0.25, -0.2) is 4.39 Å². The molecule has 2 aromatic rings. The second-order valence-electron chi connectivity index (χ2n) is 5.27. The van der Waals surface area contributed by atoms with Crippen LogP contribution in [-0.4, -0.2) is 17.8 Å². The van der Waals surface area contributed by atoms with Crippen molar-refractivity contribution in [1.29, 1.82) is 0 Å². The predicted molar refractivity (Wildman–Crippen MR) is 90.2 cm³/mol. The van der Waals surface area contributed by atoms with Crippen molar-refractivity contribution in [3.8, 4) is 5.75 Å². The van der Waals surface area contributed by atoms with Crippen LogP contribution < -0.4 is 10.1 Å². The van der Waals surface area contributed by atoms with E-state index in [0.717, 1.165) is 12.0 Å². The molecule has 0 amide bonds. The fourth-order valence-corrected chi connectivity index (χ4v) is 2.42. The van der Waals surface area contributed by atoms with Crippen LogP contribution in [0.2, 0.25) is 5.02 Å². The highest BCUT2D eigenvalue weighted by Crippen LogP contribution is 2.23. The highest BCUT2D eigenvalue weighted by molar-refractivity contribution is 6.31. The van der Waals surface area contributed by atoms with Gasteiger partial charge in [0.25, 0.3) is 0 Å². The molecule has 0 unspecified atom stereocenters. The molecule has 0 saturated carbocycles. The van der Waals surface area contributed by atoms with Crippen molar-refractivity contribution >= 4 is 11.6 Å². The third-order valence-electron chi connectivity index (χ3n) is 3.70. The zero-order chi connectivity index (χ0) is 16.7. The summed E-state index contributed by atoms with van der Waals surface area (Å²) in [5.41, 5.74) is 1.30. The van der Waals surface area contributed by atoms with Crippen LogP contribution in [0.4, 0.5) is 4.39 Å². The van der Waals surface area contributed by atoms with E-state index >= 15 is 0 Å². The van der Waals surface area contributed by atoms with Gasteiger partial charge >= 0.3 is 0 Å². The Kier molecular flexibility index (Phi) is 6.84. The summed E-state index contributed by atoms with van der Waals surface area (Å²) in [5, 5.41) is 12.9. The van der Waals surface area contributed by atoms with Crippen molar-refractivity contribution in [3.63, 3.8) is 0 Å².